The lowest BCUT2D eigenvalue weighted by Gasteiger charge is -2.18. The molecule has 0 fully saturated rings. The average Bonchev–Trinajstić information content (AvgIpc) is 3.34. The fourth-order valence-electron chi connectivity index (χ4n) is 7.40. The van der Waals surface area contributed by atoms with Gasteiger partial charge in [0.15, 0.2) is 6.10 Å². The quantitative estimate of drug-likeness (QED) is 0.0262. The van der Waals surface area contributed by atoms with Gasteiger partial charge in [0, 0.05) is 19.3 Å². The summed E-state index contributed by atoms with van der Waals surface area (Å²) in [6.07, 6.45) is 75.0. The monoisotopic (exact) mass is 943 g/mol. The van der Waals surface area contributed by atoms with Crippen LogP contribution in [0.1, 0.15) is 245 Å². The Bertz CT molecular complexity index is 1410. The van der Waals surface area contributed by atoms with Crippen LogP contribution in [-0.4, -0.2) is 37.2 Å². The zero-order valence-corrected chi connectivity index (χ0v) is 44.1. The van der Waals surface area contributed by atoms with Gasteiger partial charge >= 0.3 is 17.9 Å². The maximum Gasteiger partial charge on any atom is 0.306 e. The molecule has 0 aromatic carbocycles. The molecular weight excluding hydrogens is 841 g/mol. The van der Waals surface area contributed by atoms with Crippen molar-refractivity contribution >= 4 is 17.9 Å². The summed E-state index contributed by atoms with van der Waals surface area (Å²) in [6, 6.07) is 0. The van der Waals surface area contributed by atoms with E-state index in [1.165, 1.54) is 57.8 Å². The SMILES string of the molecule is CC/C=C\C/C=C\C/C=C\C/C=C\C/C=C\C/C=C\CCCCCCC(=O)OCC(COC(=O)CCCCCCCCCCCCCC)OC(=O)CCCCCCC/C=C\C/C=C\C/C=C\CC. The summed E-state index contributed by atoms with van der Waals surface area (Å²) in [4.78, 5) is 38.1. The van der Waals surface area contributed by atoms with Crippen LogP contribution in [0.25, 0.3) is 0 Å². The van der Waals surface area contributed by atoms with Crippen LogP contribution in [0.4, 0.5) is 0 Å². The number of unbranched alkanes of at least 4 members (excludes halogenated alkanes) is 20. The third-order valence-corrected chi connectivity index (χ3v) is 11.5. The van der Waals surface area contributed by atoms with Crippen molar-refractivity contribution in [3.63, 3.8) is 0 Å². The first kappa shape index (κ1) is 64.1. The van der Waals surface area contributed by atoms with Crippen LogP contribution >= 0.6 is 0 Å². The van der Waals surface area contributed by atoms with Gasteiger partial charge in [-0.25, -0.2) is 0 Å². The van der Waals surface area contributed by atoms with E-state index in [9.17, 15) is 14.4 Å². The molecule has 0 heterocycles. The minimum absolute atomic E-state index is 0.0933. The Morgan fingerprint density at radius 3 is 0.897 bits per heavy atom. The van der Waals surface area contributed by atoms with Gasteiger partial charge in [-0.2, -0.15) is 0 Å². The molecule has 6 heteroatoms. The minimum atomic E-state index is -0.798. The highest BCUT2D eigenvalue weighted by atomic mass is 16.6. The molecule has 0 radical (unpaired) electrons. The van der Waals surface area contributed by atoms with Gasteiger partial charge in [0.25, 0.3) is 0 Å². The van der Waals surface area contributed by atoms with Crippen LogP contribution in [0, 0.1) is 0 Å². The lowest BCUT2D eigenvalue weighted by Crippen LogP contribution is -2.30. The predicted molar refractivity (Wildman–Crippen MR) is 293 cm³/mol. The molecule has 0 saturated heterocycles. The topological polar surface area (TPSA) is 78.9 Å². The van der Waals surface area contributed by atoms with Gasteiger partial charge in [-0.05, 0) is 103 Å². The van der Waals surface area contributed by atoms with Crippen LogP contribution in [0.3, 0.4) is 0 Å². The smallest absolute Gasteiger partial charge is 0.306 e. The summed E-state index contributed by atoms with van der Waals surface area (Å²) < 4.78 is 16.8. The van der Waals surface area contributed by atoms with Gasteiger partial charge in [0.05, 0.1) is 0 Å². The molecule has 0 spiro atoms. The summed E-state index contributed by atoms with van der Waals surface area (Å²) in [7, 11) is 0. The van der Waals surface area contributed by atoms with Crippen molar-refractivity contribution in [3.05, 3.63) is 109 Å². The van der Waals surface area contributed by atoms with Crippen molar-refractivity contribution in [1.29, 1.82) is 0 Å². The number of ether oxygens (including phenoxy) is 3. The number of allylic oxidation sites excluding steroid dienone is 18. The second kappa shape index (κ2) is 55.7. The lowest BCUT2D eigenvalue weighted by atomic mass is 10.0. The van der Waals surface area contributed by atoms with E-state index in [2.05, 4.69) is 130 Å². The number of rotatable bonds is 49. The van der Waals surface area contributed by atoms with Crippen molar-refractivity contribution in [3.8, 4) is 0 Å². The largest absolute Gasteiger partial charge is 0.462 e. The first-order valence-corrected chi connectivity index (χ1v) is 27.9. The van der Waals surface area contributed by atoms with Crippen LogP contribution in [0.5, 0.6) is 0 Å². The van der Waals surface area contributed by atoms with Crippen LogP contribution in [-0.2, 0) is 28.6 Å². The van der Waals surface area contributed by atoms with E-state index in [1.54, 1.807) is 0 Å². The minimum Gasteiger partial charge on any atom is -0.462 e. The van der Waals surface area contributed by atoms with E-state index in [0.29, 0.717) is 19.3 Å². The second-order valence-electron chi connectivity index (χ2n) is 18.1. The number of hydrogen-bond donors (Lipinski definition) is 0. The summed E-state index contributed by atoms with van der Waals surface area (Å²) in [5.41, 5.74) is 0. The summed E-state index contributed by atoms with van der Waals surface area (Å²) in [5, 5.41) is 0. The normalized spacial score (nSPS) is 12.9. The van der Waals surface area contributed by atoms with Crippen LogP contribution < -0.4 is 0 Å². The van der Waals surface area contributed by atoms with Gasteiger partial charge in [0.1, 0.15) is 13.2 Å². The first-order valence-electron chi connectivity index (χ1n) is 27.9. The molecule has 0 aliphatic carbocycles. The van der Waals surface area contributed by atoms with Crippen molar-refractivity contribution in [2.75, 3.05) is 13.2 Å². The Morgan fingerprint density at radius 2 is 0.574 bits per heavy atom. The molecule has 386 valence electrons. The Kier molecular flexibility index (Phi) is 52.4. The van der Waals surface area contributed by atoms with Gasteiger partial charge in [-0.15, -0.1) is 0 Å². The summed E-state index contributed by atoms with van der Waals surface area (Å²) in [6.45, 7) is 6.37. The van der Waals surface area contributed by atoms with Crippen molar-refractivity contribution in [2.45, 2.75) is 252 Å². The van der Waals surface area contributed by atoms with Gasteiger partial charge < -0.3 is 14.2 Å². The zero-order chi connectivity index (χ0) is 49.3. The molecule has 1 atom stereocenters. The molecule has 0 rings (SSSR count). The third kappa shape index (κ3) is 53.0. The van der Waals surface area contributed by atoms with Gasteiger partial charge in [-0.3, -0.25) is 14.4 Å². The maximum atomic E-state index is 12.8. The number of carbonyl (C=O) groups is 3. The molecule has 0 saturated carbocycles. The molecule has 0 bridgehead atoms. The van der Waals surface area contributed by atoms with E-state index in [4.69, 9.17) is 14.2 Å². The fourth-order valence-corrected chi connectivity index (χ4v) is 7.40. The number of esters is 3. The Labute approximate surface area is 419 Å². The highest BCUT2D eigenvalue weighted by molar-refractivity contribution is 5.71. The Morgan fingerprint density at radius 1 is 0.309 bits per heavy atom. The molecule has 0 amide bonds. The molecule has 0 aromatic heterocycles. The molecule has 1 unspecified atom stereocenters. The van der Waals surface area contributed by atoms with Gasteiger partial charge in [0.2, 0.25) is 0 Å². The van der Waals surface area contributed by atoms with Crippen molar-refractivity contribution in [2.24, 2.45) is 0 Å². The molecule has 68 heavy (non-hydrogen) atoms. The Balaban J connectivity index is 4.42. The predicted octanol–water partition coefficient (Wildman–Crippen LogP) is 18.7. The van der Waals surface area contributed by atoms with Crippen LogP contribution in [0.2, 0.25) is 0 Å². The van der Waals surface area contributed by atoms with E-state index >= 15 is 0 Å². The van der Waals surface area contributed by atoms with E-state index in [1.807, 2.05) is 0 Å². The zero-order valence-electron chi connectivity index (χ0n) is 44.1. The fraction of sp³-hybridized carbons (Fsp3) is 0.661. The highest BCUT2D eigenvalue weighted by Gasteiger charge is 2.19. The molecule has 0 aliphatic rings. The highest BCUT2D eigenvalue weighted by Crippen LogP contribution is 2.14. The third-order valence-electron chi connectivity index (χ3n) is 11.5. The lowest BCUT2D eigenvalue weighted by molar-refractivity contribution is -0.167. The first-order chi connectivity index (χ1) is 33.5. The maximum absolute atomic E-state index is 12.8. The van der Waals surface area contributed by atoms with Crippen molar-refractivity contribution in [1.82, 2.24) is 0 Å². The second-order valence-corrected chi connectivity index (χ2v) is 18.1. The van der Waals surface area contributed by atoms with Crippen molar-refractivity contribution < 1.29 is 28.6 Å². The van der Waals surface area contributed by atoms with E-state index < -0.39 is 6.10 Å². The van der Waals surface area contributed by atoms with Crippen LogP contribution in [0.15, 0.2) is 109 Å². The molecule has 0 aromatic rings. The molecular formula is C62H102O6. The van der Waals surface area contributed by atoms with E-state index in [0.717, 1.165) is 148 Å². The van der Waals surface area contributed by atoms with Gasteiger partial charge in [-0.1, -0.05) is 233 Å². The number of carbonyl (C=O) groups excluding carboxylic acids is 3. The number of hydrogen-bond acceptors (Lipinski definition) is 6. The average molecular weight is 943 g/mol. The molecule has 0 aliphatic heterocycles. The standard InChI is InChI=1S/C62H102O6/c1-4-7-10-13-16-19-22-25-27-28-29-30-31-32-33-34-36-37-40-43-46-49-52-55-61(64)67-58-59(57-66-60(63)54-51-48-45-42-39-24-21-18-15-12-9-6-3)68-62(65)56-53-50-47-44-41-38-35-26-23-20-17-14-11-8-5-2/h7-8,10-11,16-17,19-20,25-27,29-30,32-33,35-37,59H,4-6,9,12-15,18,21-24,28,31,34,38-58H2,1-3H3/b10-7-,11-8-,19-16-,20-17-,27-25-,30-29-,33-32-,35-26-,37-36-. The summed E-state index contributed by atoms with van der Waals surface area (Å²) >= 11 is 0. The molecule has 6 nitrogen and oxygen atoms in total. The Hall–Kier alpha value is -3.93. The van der Waals surface area contributed by atoms with E-state index in [-0.39, 0.29) is 31.1 Å². The summed E-state index contributed by atoms with van der Waals surface area (Å²) in [5.74, 6) is -0.937. The molecule has 0 N–H and O–H groups in total.